The number of rotatable bonds is 11. The van der Waals surface area contributed by atoms with E-state index >= 15 is 0 Å². The maximum atomic E-state index is 13.0. The maximum absolute atomic E-state index is 13.0. The molecule has 0 radical (unpaired) electrons. The molecule has 1 atom stereocenters. The number of carbonyl (C=O) groups excluding carboxylic acids is 1. The first-order valence-corrected chi connectivity index (χ1v) is 11.7. The molecule has 12 heteroatoms. The fourth-order valence-corrected chi connectivity index (χ4v) is 3.92. The van der Waals surface area contributed by atoms with Crippen molar-refractivity contribution >= 4 is 5.97 Å². The van der Waals surface area contributed by atoms with Crippen LogP contribution < -0.4 is 18.9 Å². The first-order valence-electron chi connectivity index (χ1n) is 11.7. The fourth-order valence-electron chi connectivity index (χ4n) is 3.92. The van der Waals surface area contributed by atoms with Gasteiger partial charge in [-0.1, -0.05) is 12.1 Å². The summed E-state index contributed by atoms with van der Waals surface area (Å²) in [5, 5.41) is 11.5. The molecule has 4 rings (SSSR count). The molecule has 2 heterocycles. The summed E-state index contributed by atoms with van der Waals surface area (Å²) in [6, 6.07) is 16.6. The van der Waals surface area contributed by atoms with Gasteiger partial charge >= 0.3 is 19.2 Å². The van der Waals surface area contributed by atoms with Crippen LogP contribution in [0.25, 0.3) is 0 Å². The summed E-state index contributed by atoms with van der Waals surface area (Å²) in [6.45, 7) is -6.51. The van der Waals surface area contributed by atoms with Crippen molar-refractivity contribution in [3.63, 3.8) is 0 Å². The standard InChI is InChI=1S/C28H22F4N2O6/c1-37-26(35)18-2-6-21(7-3-18)38-25-9-5-20(16-33-25)22(14-17-10-12-34(36)13-11-17)19-4-8-23(39-27(29)30)24(15-19)40-28(31)32/h2-13,15-16,22,27-28H,14H2,1H3. The minimum atomic E-state index is -3.27. The summed E-state index contributed by atoms with van der Waals surface area (Å²) in [6.07, 6.45) is 4.47. The van der Waals surface area contributed by atoms with Gasteiger partial charge in [0.05, 0.1) is 12.7 Å². The molecular formula is C28H22F4N2O6. The summed E-state index contributed by atoms with van der Waals surface area (Å²) in [5.41, 5.74) is 2.18. The number of esters is 1. The van der Waals surface area contributed by atoms with Gasteiger partial charge in [0.25, 0.3) is 0 Å². The van der Waals surface area contributed by atoms with Crippen molar-refractivity contribution in [3.05, 3.63) is 113 Å². The van der Waals surface area contributed by atoms with E-state index in [-0.39, 0.29) is 5.88 Å². The van der Waals surface area contributed by atoms with Crippen LogP contribution in [0.5, 0.6) is 23.1 Å². The summed E-state index contributed by atoms with van der Waals surface area (Å²) >= 11 is 0. The third-order valence-electron chi connectivity index (χ3n) is 5.77. The Bertz CT molecular complexity index is 1420. The number of pyridine rings is 2. The van der Waals surface area contributed by atoms with E-state index in [1.165, 1.54) is 50.0 Å². The second kappa shape index (κ2) is 12.8. The molecule has 0 aliphatic heterocycles. The van der Waals surface area contributed by atoms with Gasteiger partial charge in [-0.25, -0.2) is 9.78 Å². The molecule has 2 aromatic carbocycles. The largest absolute Gasteiger partial charge is 0.619 e. The number of methoxy groups -OCH3 is 1. The average molecular weight is 558 g/mol. The number of hydrogen-bond donors (Lipinski definition) is 0. The number of benzene rings is 2. The number of carbonyl (C=O) groups is 1. The Hall–Kier alpha value is -4.87. The molecule has 40 heavy (non-hydrogen) atoms. The van der Waals surface area contributed by atoms with Crippen molar-refractivity contribution in [2.24, 2.45) is 0 Å². The summed E-state index contributed by atoms with van der Waals surface area (Å²) in [5.74, 6) is -1.43. The quantitative estimate of drug-likeness (QED) is 0.0984. The number of hydrogen-bond acceptors (Lipinski definition) is 7. The number of halogens is 4. The van der Waals surface area contributed by atoms with Crippen molar-refractivity contribution < 1.29 is 46.0 Å². The molecule has 0 N–H and O–H groups in total. The van der Waals surface area contributed by atoms with E-state index < -0.39 is 36.6 Å². The van der Waals surface area contributed by atoms with Gasteiger partial charge in [-0.15, -0.1) is 0 Å². The van der Waals surface area contributed by atoms with E-state index in [2.05, 4.69) is 19.2 Å². The van der Waals surface area contributed by atoms with Crippen molar-refractivity contribution in [3.8, 4) is 23.1 Å². The normalized spacial score (nSPS) is 11.8. The topological polar surface area (TPSA) is 93.8 Å². The number of alkyl halides is 4. The molecule has 4 aromatic rings. The lowest BCUT2D eigenvalue weighted by molar-refractivity contribution is -0.605. The zero-order valence-electron chi connectivity index (χ0n) is 20.9. The Labute approximate surface area is 225 Å². The Balaban J connectivity index is 1.64. The predicted octanol–water partition coefficient (Wildman–Crippen LogP) is 5.87. The Morgan fingerprint density at radius 2 is 1.52 bits per heavy atom. The molecule has 0 aliphatic rings. The third-order valence-corrected chi connectivity index (χ3v) is 5.77. The van der Waals surface area contributed by atoms with Crippen LogP contribution in [0.15, 0.2) is 85.3 Å². The summed E-state index contributed by atoms with van der Waals surface area (Å²) < 4.78 is 71.5. The van der Waals surface area contributed by atoms with Crippen LogP contribution in [0.4, 0.5) is 17.6 Å². The smallest absolute Gasteiger partial charge is 0.387 e. The van der Waals surface area contributed by atoms with Crippen LogP contribution in [0, 0.1) is 5.21 Å². The molecule has 208 valence electrons. The van der Waals surface area contributed by atoms with Crippen molar-refractivity contribution in [1.29, 1.82) is 0 Å². The van der Waals surface area contributed by atoms with Gasteiger partial charge in [0.2, 0.25) is 5.88 Å². The lowest BCUT2D eigenvalue weighted by atomic mass is 9.87. The Morgan fingerprint density at radius 1 is 0.875 bits per heavy atom. The molecule has 0 saturated carbocycles. The first-order chi connectivity index (χ1) is 19.2. The lowest BCUT2D eigenvalue weighted by Crippen LogP contribution is -2.24. The van der Waals surface area contributed by atoms with Crippen LogP contribution in [0.1, 0.15) is 33.0 Å². The van der Waals surface area contributed by atoms with Gasteiger partial charge in [-0.2, -0.15) is 22.3 Å². The van der Waals surface area contributed by atoms with E-state index in [0.29, 0.717) is 33.6 Å². The minimum Gasteiger partial charge on any atom is -0.619 e. The number of ether oxygens (including phenoxy) is 4. The highest BCUT2D eigenvalue weighted by molar-refractivity contribution is 5.89. The molecule has 1 unspecified atom stereocenters. The molecule has 0 spiro atoms. The van der Waals surface area contributed by atoms with E-state index in [4.69, 9.17) is 4.74 Å². The minimum absolute atomic E-state index is 0.239. The molecule has 8 nitrogen and oxygen atoms in total. The molecule has 0 amide bonds. The number of nitrogens with zero attached hydrogens (tertiary/aromatic N) is 2. The highest BCUT2D eigenvalue weighted by atomic mass is 19.3. The van der Waals surface area contributed by atoms with Gasteiger partial charge in [0.1, 0.15) is 5.75 Å². The van der Waals surface area contributed by atoms with Crippen LogP contribution in [0.2, 0.25) is 0 Å². The molecule has 0 fully saturated rings. The lowest BCUT2D eigenvalue weighted by Gasteiger charge is -2.20. The zero-order chi connectivity index (χ0) is 28.6. The van der Waals surface area contributed by atoms with Crippen LogP contribution in [-0.4, -0.2) is 31.3 Å². The fraction of sp³-hybridized carbons (Fsp3) is 0.179. The second-order valence-corrected chi connectivity index (χ2v) is 8.33. The summed E-state index contributed by atoms with van der Waals surface area (Å²) in [4.78, 5) is 15.9. The van der Waals surface area contributed by atoms with E-state index in [1.54, 1.807) is 36.4 Å². The molecule has 0 saturated heterocycles. The van der Waals surface area contributed by atoms with E-state index in [9.17, 15) is 27.6 Å². The molecule has 0 aliphatic carbocycles. The second-order valence-electron chi connectivity index (χ2n) is 8.33. The van der Waals surface area contributed by atoms with Crippen LogP contribution in [-0.2, 0) is 11.2 Å². The highest BCUT2D eigenvalue weighted by Gasteiger charge is 2.21. The monoisotopic (exact) mass is 558 g/mol. The van der Waals surface area contributed by atoms with Crippen LogP contribution >= 0.6 is 0 Å². The SMILES string of the molecule is COC(=O)c1ccc(Oc2ccc(C(Cc3cc[n+]([O-])cc3)c3ccc(OC(F)F)c(OC(F)F)c3)cn2)cc1. The average Bonchev–Trinajstić information content (AvgIpc) is 2.94. The Kier molecular flexibility index (Phi) is 9.00. The third kappa shape index (κ3) is 7.37. The zero-order valence-corrected chi connectivity index (χ0v) is 20.9. The van der Waals surface area contributed by atoms with Crippen LogP contribution in [0.3, 0.4) is 0 Å². The van der Waals surface area contributed by atoms with E-state index in [0.717, 1.165) is 11.6 Å². The first kappa shape index (κ1) is 28.1. The van der Waals surface area contributed by atoms with Crippen molar-refractivity contribution in [2.75, 3.05) is 7.11 Å². The van der Waals surface area contributed by atoms with E-state index in [1.807, 2.05) is 0 Å². The van der Waals surface area contributed by atoms with Gasteiger partial charge in [0.15, 0.2) is 23.9 Å². The predicted molar refractivity (Wildman–Crippen MR) is 133 cm³/mol. The molecule has 2 aromatic heterocycles. The molecule has 0 bridgehead atoms. The van der Waals surface area contributed by atoms with Gasteiger partial charge in [0, 0.05) is 30.3 Å². The number of aromatic nitrogens is 2. The maximum Gasteiger partial charge on any atom is 0.387 e. The molecular weight excluding hydrogens is 536 g/mol. The van der Waals surface area contributed by atoms with Crippen molar-refractivity contribution in [2.45, 2.75) is 25.6 Å². The highest BCUT2D eigenvalue weighted by Crippen LogP contribution is 2.37. The van der Waals surface area contributed by atoms with Gasteiger partial charge in [-0.3, -0.25) is 0 Å². The Morgan fingerprint density at radius 3 is 2.12 bits per heavy atom. The van der Waals surface area contributed by atoms with Gasteiger partial charge in [-0.05, 0) is 59.5 Å². The van der Waals surface area contributed by atoms with Gasteiger partial charge < -0.3 is 24.2 Å². The van der Waals surface area contributed by atoms with Crippen molar-refractivity contribution in [1.82, 2.24) is 4.98 Å². The summed E-state index contributed by atoms with van der Waals surface area (Å²) in [7, 11) is 1.28.